The number of nitrogens with zero attached hydrogens (tertiary/aromatic N) is 1. The summed E-state index contributed by atoms with van der Waals surface area (Å²) in [4.78, 5) is 14.4. The number of rotatable bonds is 6. The number of nitrogens with two attached hydrogens (primary N) is 2. The summed E-state index contributed by atoms with van der Waals surface area (Å²) in [6, 6.07) is 0. The number of hydrogen-bond acceptors (Lipinski definition) is 3. The molecule has 0 aromatic heterocycles. The van der Waals surface area contributed by atoms with E-state index in [2.05, 4.69) is 4.99 Å². The van der Waals surface area contributed by atoms with Crippen LogP contribution in [0.2, 0.25) is 0 Å². The van der Waals surface area contributed by atoms with Crippen LogP contribution >= 0.6 is 24.8 Å². The highest BCUT2D eigenvalue weighted by atomic mass is 35.5. The van der Waals surface area contributed by atoms with Crippen LogP contribution in [0.1, 0.15) is 26.7 Å². The number of carboxylic acids is 1. The SMILES string of the molecule is CC(N)=NC/C=C(/F)CC[C@](C)(N)C(=O)O.Cl.Cl. The van der Waals surface area contributed by atoms with Crippen LogP contribution in [0.3, 0.4) is 0 Å². The zero-order chi connectivity index (χ0) is 12.8. The summed E-state index contributed by atoms with van der Waals surface area (Å²) in [6.07, 6.45) is 1.28. The summed E-state index contributed by atoms with van der Waals surface area (Å²) in [6.45, 7) is 3.11. The van der Waals surface area contributed by atoms with Crippen LogP contribution in [-0.2, 0) is 4.79 Å². The van der Waals surface area contributed by atoms with Crippen LogP contribution < -0.4 is 11.5 Å². The van der Waals surface area contributed by atoms with Gasteiger partial charge in [-0.05, 0) is 26.3 Å². The molecule has 0 saturated carbocycles. The maximum atomic E-state index is 13.1. The molecule has 0 spiro atoms. The number of allylic oxidation sites excluding steroid dienone is 1. The number of amidine groups is 1. The molecule has 0 heterocycles. The topological polar surface area (TPSA) is 102 Å². The van der Waals surface area contributed by atoms with Crippen LogP contribution in [0.4, 0.5) is 4.39 Å². The Kier molecular flexibility index (Phi) is 12.5. The van der Waals surface area contributed by atoms with E-state index in [1.54, 1.807) is 6.92 Å². The molecular weight excluding hydrogens is 284 g/mol. The van der Waals surface area contributed by atoms with Gasteiger partial charge in [0.15, 0.2) is 0 Å². The molecule has 0 bridgehead atoms. The van der Waals surface area contributed by atoms with Crippen molar-refractivity contribution in [2.24, 2.45) is 16.5 Å². The Hall–Kier alpha value is -0.850. The number of aliphatic carboxylic acids is 1. The minimum absolute atomic E-state index is 0. The maximum Gasteiger partial charge on any atom is 0.323 e. The highest BCUT2D eigenvalue weighted by Gasteiger charge is 2.27. The quantitative estimate of drug-likeness (QED) is 0.513. The summed E-state index contributed by atoms with van der Waals surface area (Å²) >= 11 is 0. The molecule has 0 unspecified atom stereocenters. The maximum absolute atomic E-state index is 13.1. The Balaban J connectivity index is -0.00000112. The lowest BCUT2D eigenvalue weighted by atomic mass is 9.97. The molecule has 0 aliphatic rings. The van der Waals surface area contributed by atoms with E-state index in [4.69, 9.17) is 16.6 Å². The predicted octanol–water partition coefficient (Wildman–Crippen LogP) is 1.64. The van der Waals surface area contributed by atoms with Crippen molar-refractivity contribution in [3.8, 4) is 0 Å². The van der Waals surface area contributed by atoms with Crippen molar-refractivity contribution in [2.45, 2.75) is 32.2 Å². The van der Waals surface area contributed by atoms with Gasteiger partial charge in [0, 0.05) is 6.42 Å². The van der Waals surface area contributed by atoms with Gasteiger partial charge in [0.1, 0.15) is 5.54 Å². The highest BCUT2D eigenvalue weighted by molar-refractivity contribution is 5.85. The lowest BCUT2D eigenvalue weighted by molar-refractivity contribution is -0.142. The molecule has 0 aromatic rings. The first-order valence-corrected chi connectivity index (χ1v) is 4.89. The molecule has 1 atom stereocenters. The van der Waals surface area contributed by atoms with Crippen LogP contribution in [0.25, 0.3) is 0 Å². The molecule has 8 heteroatoms. The van der Waals surface area contributed by atoms with Crippen molar-refractivity contribution in [1.29, 1.82) is 0 Å². The van der Waals surface area contributed by atoms with E-state index in [9.17, 15) is 9.18 Å². The molecule has 5 nitrogen and oxygen atoms in total. The number of hydrogen-bond donors (Lipinski definition) is 3. The third-order valence-corrected chi connectivity index (χ3v) is 2.03. The van der Waals surface area contributed by atoms with Crippen LogP contribution in [0, 0.1) is 0 Å². The van der Waals surface area contributed by atoms with E-state index in [1.165, 1.54) is 13.0 Å². The third-order valence-electron chi connectivity index (χ3n) is 2.03. The molecule has 0 rings (SSSR count). The zero-order valence-electron chi connectivity index (χ0n) is 10.4. The smallest absolute Gasteiger partial charge is 0.323 e. The van der Waals surface area contributed by atoms with Crippen molar-refractivity contribution in [3.63, 3.8) is 0 Å². The van der Waals surface area contributed by atoms with Crippen molar-refractivity contribution in [2.75, 3.05) is 6.54 Å². The Labute approximate surface area is 118 Å². The van der Waals surface area contributed by atoms with E-state index in [1.807, 2.05) is 0 Å². The van der Waals surface area contributed by atoms with Crippen LogP contribution in [-0.4, -0.2) is 29.0 Å². The molecule has 18 heavy (non-hydrogen) atoms. The lowest BCUT2D eigenvalue weighted by Crippen LogP contribution is -2.44. The van der Waals surface area contributed by atoms with E-state index in [0.717, 1.165) is 0 Å². The second-order valence-corrected chi connectivity index (χ2v) is 3.86. The summed E-state index contributed by atoms with van der Waals surface area (Å²) in [5.41, 5.74) is 9.30. The number of carbonyl (C=O) groups is 1. The Bertz CT molecular complexity index is 316. The molecule has 0 amide bonds. The molecule has 0 radical (unpaired) electrons. The molecule has 0 aromatic carbocycles. The Morgan fingerprint density at radius 2 is 2.00 bits per heavy atom. The minimum atomic E-state index is -1.40. The van der Waals surface area contributed by atoms with Gasteiger partial charge in [-0.2, -0.15) is 0 Å². The first-order chi connectivity index (χ1) is 7.25. The van der Waals surface area contributed by atoms with Gasteiger partial charge in [0.2, 0.25) is 0 Å². The average molecular weight is 304 g/mol. The average Bonchev–Trinajstić information content (AvgIpc) is 2.14. The summed E-state index contributed by atoms with van der Waals surface area (Å²) < 4.78 is 13.1. The standard InChI is InChI=1S/C10H18FN3O2.2ClH/c1-7(12)14-6-4-8(11)3-5-10(2,13)9(15)16;;/h4H,3,5-6,13H2,1-2H3,(H2,12,14)(H,15,16);2*1H/b8-4+;;/t10-;;/m0../s1. The number of halogens is 3. The summed E-state index contributed by atoms with van der Waals surface area (Å²) in [7, 11) is 0. The number of aliphatic imine (C=N–C) groups is 1. The van der Waals surface area contributed by atoms with Crippen molar-refractivity contribution < 1.29 is 14.3 Å². The summed E-state index contributed by atoms with van der Waals surface area (Å²) in [5, 5.41) is 8.70. The molecular formula is C10H20Cl2FN3O2. The van der Waals surface area contributed by atoms with Crippen LogP contribution in [0.15, 0.2) is 16.9 Å². The molecule has 0 fully saturated rings. The van der Waals surface area contributed by atoms with Crippen LogP contribution in [0.5, 0.6) is 0 Å². The lowest BCUT2D eigenvalue weighted by Gasteiger charge is -2.17. The first kappa shape index (κ1) is 22.3. The van der Waals surface area contributed by atoms with Gasteiger partial charge in [0.25, 0.3) is 0 Å². The van der Waals surface area contributed by atoms with Gasteiger partial charge in [0.05, 0.1) is 18.2 Å². The second kappa shape index (κ2) is 10.1. The molecule has 0 aliphatic heterocycles. The fourth-order valence-electron chi connectivity index (χ4n) is 0.877. The third kappa shape index (κ3) is 10.3. The Morgan fingerprint density at radius 1 is 1.50 bits per heavy atom. The fraction of sp³-hybridized carbons (Fsp3) is 0.600. The van der Waals surface area contributed by atoms with Gasteiger partial charge in [-0.3, -0.25) is 9.79 Å². The molecule has 5 N–H and O–H groups in total. The fourth-order valence-corrected chi connectivity index (χ4v) is 0.877. The largest absolute Gasteiger partial charge is 0.480 e. The zero-order valence-corrected chi connectivity index (χ0v) is 12.0. The monoisotopic (exact) mass is 303 g/mol. The van der Waals surface area contributed by atoms with E-state index in [-0.39, 0.29) is 44.2 Å². The van der Waals surface area contributed by atoms with E-state index < -0.39 is 17.3 Å². The van der Waals surface area contributed by atoms with Crippen molar-refractivity contribution >= 4 is 36.6 Å². The Morgan fingerprint density at radius 3 is 2.39 bits per heavy atom. The highest BCUT2D eigenvalue weighted by Crippen LogP contribution is 2.15. The molecule has 108 valence electrons. The normalized spacial score (nSPS) is 15.1. The van der Waals surface area contributed by atoms with Gasteiger partial charge in [-0.15, -0.1) is 24.8 Å². The second-order valence-electron chi connectivity index (χ2n) is 3.86. The minimum Gasteiger partial charge on any atom is -0.480 e. The van der Waals surface area contributed by atoms with Crippen molar-refractivity contribution in [3.05, 3.63) is 11.9 Å². The van der Waals surface area contributed by atoms with E-state index in [0.29, 0.717) is 5.84 Å². The van der Waals surface area contributed by atoms with E-state index >= 15 is 0 Å². The van der Waals surface area contributed by atoms with Gasteiger partial charge >= 0.3 is 5.97 Å². The molecule has 0 aliphatic carbocycles. The molecule has 0 saturated heterocycles. The first-order valence-electron chi connectivity index (χ1n) is 4.89. The van der Waals surface area contributed by atoms with Gasteiger partial charge in [-0.25, -0.2) is 4.39 Å². The predicted molar refractivity (Wildman–Crippen MR) is 75.3 cm³/mol. The van der Waals surface area contributed by atoms with Crippen molar-refractivity contribution in [1.82, 2.24) is 0 Å². The van der Waals surface area contributed by atoms with Gasteiger partial charge in [-0.1, -0.05) is 0 Å². The van der Waals surface area contributed by atoms with Gasteiger partial charge < -0.3 is 16.6 Å². The summed E-state index contributed by atoms with van der Waals surface area (Å²) in [5.74, 6) is -1.20. The number of carboxylic acid groups (broad SMARTS) is 1.